The molecule has 0 fully saturated rings. The quantitative estimate of drug-likeness (QED) is 0.531. The lowest BCUT2D eigenvalue weighted by Gasteiger charge is -2.22. The maximum absolute atomic E-state index is 12.9. The lowest BCUT2D eigenvalue weighted by atomic mass is 10.00. The van der Waals surface area contributed by atoms with Crippen molar-refractivity contribution in [2.24, 2.45) is 0 Å². The van der Waals surface area contributed by atoms with E-state index in [1.165, 1.54) is 0 Å². The molecule has 0 saturated heterocycles. The fourth-order valence-corrected chi connectivity index (χ4v) is 3.42. The van der Waals surface area contributed by atoms with Gasteiger partial charge < -0.3 is 10.0 Å². The number of phenols is 1. The predicted octanol–water partition coefficient (Wildman–Crippen LogP) is 4.65. The van der Waals surface area contributed by atoms with Gasteiger partial charge in [-0.3, -0.25) is 9.59 Å². The van der Waals surface area contributed by atoms with Crippen LogP contribution in [0.4, 0.5) is 0 Å². The van der Waals surface area contributed by atoms with Crippen molar-refractivity contribution in [2.75, 3.05) is 13.1 Å². The maximum Gasteiger partial charge on any atom is 0.226 e. The molecular weight excluding hydrogens is 374 g/mol. The van der Waals surface area contributed by atoms with Crippen LogP contribution < -0.4 is 0 Å². The molecule has 0 atom stereocenters. The molecule has 30 heavy (non-hydrogen) atoms. The second-order valence-electron chi connectivity index (χ2n) is 7.37. The van der Waals surface area contributed by atoms with Gasteiger partial charge in [0.1, 0.15) is 5.75 Å². The number of nitrogens with zero attached hydrogens (tertiary/aromatic N) is 1. The summed E-state index contributed by atoms with van der Waals surface area (Å²) in [5.74, 6) is 0.257. The highest BCUT2D eigenvalue weighted by Crippen LogP contribution is 2.14. The van der Waals surface area contributed by atoms with Gasteiger partial charge in [-0.15, -0.1) is 0 Å². The number of benzene rings is 3. The number of hydrogen-bond acceptors (Lipinski definition) is 3. The molecule has 1 N–H and O–H groups in total. The smallest absolute Gasteiger partial charge is 0.226 e. The van der Waals surface area contributed by atoms with Gasteiger partial charge in [0.15, 0.2) is 5.78 Å². The Labute approximate surface area is 177 Å². The molecule has 3 rings (SSSR count). The van der Waals surface area contributed by atoms with Gasteiger partial charge in [0.05, 0.1) is 6.42 Å². The number of rotatable bonds is 9. The van der Waals surface area contributed by atoms with Crippen LogP contribution in [0.3, 0.4) is 0 Å². The van der Waals surface area contributed by atoms with Crippen molar-refractivity contribution in [3.8, 4) is 5.75 Å². The first-order chi connectivity index (χ1) is 14.6. The molecule has 0 unspecified atom stereocenters. The minimum absolute atomic E-state index is 0.0392. The van der Waals surface area contributed by atoms with E-state index in [4.69, 9.17) is 0 Å². The van der Waals surface area contributed by atoms with Gasteiger partial charge in [0.2, 0.25) is 5.91 Å². The highest BCUT2D eigenvalue weighted by molar-refractivity contribution is 6.09. The second kappa shape index (κ2) is 10.4. The fourth-order valence-electron chi connectivity index (χ4n) is 3.42. The van der Waals surface area contributed by atoms with Crippen LogP contribution in [0, 0.1) is 0 Å². The maximum atomic E-state index is 12.9. The summed E-state index contributed by atoms with van der Waals surface area (Å²) in [5.41, 5.74) is 3.16. The van der Waals surface area contributed by atoms with Crippen LogP contribution in [0.25, 0.3) is 0 Å². The Balaban J connectivity index is 1.66. The standard InChI is InChI=1S/C26H27NO3/c1-2-16-27(17-15-20-11-13-24(28)14-12-20)25(29)19-21-7-6-10-23(18-21)26(30)22-8-4-3-5-9-22/h3-14,18,28H,2,15-17,19H2,1H3. The molecule has 0 aliphatic carbocycles. The third-order valence-corrected chi connectivity index (χ3v) is 5.03. The summed E-state index contributed by atoms with van der Waals surface area (Å²) in [6, 6.07) is 23.6. The average Bonchev–Trinajstić information content (AvgIpc) is 2.78. The summed E-state index contributed by atoms with van der Waals surface area (Å²) >= 11 is 0. The molecule has 3 aromatic carbocycles. The van der Waals surface area contributed by atoms with E-state index in [-0.39, 0.29) is 23.9 Å². The van der Waals surface area contributed by atoms with Crippen molar-refractivity contribution in [3.63, 3.8) is 0 Å². The highest BCUT2D eigenvalue weighted by atomic mass is 16.3. The van der Waals surface area contributed by atoms with Gasteiger partial charge in [0.25, 0.3) is 0 Å². The van der Waals surface area contributed by atoms with E-state index in [0.717, 1.165) is 24.0 Å². The van der Waals surface area contributed by atoms with Crippen molar-refractivity contribution in [3.05, 3.63) is 101 Å². The Morgan fingerprint density at radius 1 is 0.800 bits per heavy atom. The molecule has 0 heterocycles. The van der Waals surface area contributed by atoms with Crippen LogP contribution >= 0.6 is 0 Å². The number of phenolic OH excluding ortho intramolecular Hbond substituents is 1. The number of aromatic hydroxyl groups is 1. The lowest BCUT2D eigenvalue weighted by molar-refractivity contribution is -0.130. The minimum atomic E-state index is -0.0392. The first-order valence-corrected chi connectivity index (χ1v) is 10.3. The molecule has 3 aromatic rings. The first kappa shape index (κ1) is 21.3. The van der Waals surface area contributed by atoms with Gasteiger partial charge in [-0.05, 0) is 42.2 Å². The molecule has 0 aliphatic rings. The summed E-state index contributed by atoms with van der Waals surface area (Å²) in [5, 5.41) is 9.42. The van der Waals surface area contributed by atoms with E-state index >= 15 is 0 Å². The summed E-state index contributed by atoms with van der Waals surface area (Å²) in [6.07, 6.45) is 1.89. The molecule has 1 amide bonds. The fraction of sp³-hybridized carbons (Fsp3) is 0.231. The number of carbonyl (C=O) groups is 2. The van der Waals surface area contributed by atoms with Gasteiger partial charge >= 0.3 is 0 Å². The Hall–Kier alpha value is -3.40. The van der Waals surface area contributed by atoms with Crippen LogP contribution in [-0.2, 0) is 17.6 Å². The Morgan fingerprint density at radius 3 is 2.20 bits per heavy atom. The van der Waals surface area contributed by atoms with Crippen molar-refractivity contribution in [2.45, 2.75) is 26.2 Å². The van der Waals surface area contributed by atoms with Crippen molar-refractivity contribution >= 4 is 11.7 Å². The third-order valence-electron chi connectivity index (χ3n) is 5.03. The molecule has 0 saturated carbocycles. The normalized spacial score (nSPS) is 10.6. The van der Waals surface area contributed by atoms with E-state index in [2.05, 4.69) is 6.92 Å². The largest absolute Gasteiger partial charge is 0.508 e. The Morgan fingerprint density at radius 2 is 1.50 bits per heavy atom. The molecule has 0 spiro atoms. The molecule has 0 aromatic heterocycles. The number of amides is 1. The number of carbonyl (C=O) groups excluding carboxylic acids is 2. The zero-order valence-electron chi connectivity index (χ0n) is 17.3. The summed E-state index contributed by atoms with van der Waals surface area (Å²) in [6.45, 7) is 3.37. The molecule has 4 heteroatoms. The Bertz CT molecular complexity index is 981. The van der Waals surface area contributed by atoms with Crippen LogP contribution in [0.2, 0.25) is 0 Å². The number of hydrogen-bond donors (Lipinski definition) is 1. The summed E-state index contributed by atoms with van der Waals surface area (Å²) in [7, 11) is 0. The van der Waals surface area contributed by atoms with Crippen LogP contribution in [-0.4, -0.2) is 34.8 Å². The highest BCUT2D eigenvalue weighted by Gasteiger charge is 2.15. The molecule has 154 valence electrons. The zero-order chi connectivity index (χ0) is 21.3. The average molecular weight is 402 g/mol. The summed E-state index contributed by atoms with van der Waals surface area (Å²) in [4.78, 5) is 27.5. The van der Waals surface area contributed by atoms with Crippen molar-refractivity contribution in [1.82, 2.24) is 4.90 Å². The lowest BCUT2D eigenvalue weighted by Crippen LogP contribution is -2.34. The van der Waals surface area contributed by atoms with Crippen LogP contribution in [0.1, 0.15) is 40.4 Å². The third kappa shape index (κ3) is 5.80. The number of ketones is 1. The summed E-state index contributed by atoms with van der Waals surface area (Å²) < 4.78 is 0. The predicted molar refractivity (Wildman–Crippen MR) is 119 cm³/mol. The second-order valence-corrected chi connectivity index (χ2v) is 7.37. The van der Waals surface area contributed by atoms with Gasteiger partial charge in [-0.1, -0.05) is 67.6 Å². The van der Waals surface area contributed by atoms with E-state index in [0.29, 0.717) is 24.2 Å². The van der Waals surface area contributed by atoms with E-state index < -0.39 is 0 Å². The SMILES string of the molecule is CCCN(CCc1ccc(O)cc1)C(=O)Cc1cccc(C(=O)c2ccccc2)c1. The Kier molecular flexibility index (Phi) is 7.39. The van der Waals surface area contributed by atoms with Crippen molar-refractivity contribution < 1.29 is 14.7 Å². The van der Waals surface area contributed by atoms with Crippen molar-refractivity contribution in [1.29, 1.82) is 0 Å². The molecule has 0 bridgehead atoms. The molecule has 4 nitrogen and oxygen atoms in total. The molecular formula is C26H27NO3. The molecule has 0 aliphatic heterocycles. The van der Waals surface area contributed by atoms with E-state index in [1.54, 1.807) is 30.3 Å². The minimum Gasteiger partial charge on any atom is -0.508 e. The van der Waals surface area contributed by atoms with Gasteiger partial charge in [-0.2, -0.15) is 0 Å². The van der Waals surface area contributed by atoms with E-state index in [9.17, 15) is 14.7 Å². The van der Waals surface area contributed by atoms with E-state index in [1.807, 2.05) is 53.4 Å². The first-order valence-electron chi connectivity index (χ1n) is 10.3. The molecule has 0 radical (unpaired) electrons. The monoisotopic (exact) mass is 401 g/mol. The zero-order valence-corrected chi connectivity index (χ0v) is 17.3. The van der Waals surface area contributed by atoms with Gasteiger partial charge in [0, 0.05) is 24.2 Å². The van der Waals surface area contributed by atoms with Gasteiger partial charge in [-0.25, -0.2) is 0 Å². The van der Waals surface area contributed by atoms with Crippen LogP contribution in [0.15, 0.2) is 78.9 Å². The van der Waals surface area contributed by atoms with Crippen LogP contribution in [0.5, 0.6) is 5.75 Å². The topological polar surface area (TPSA) is 57.6 Å².